The summed E-state index contributed by atoms with van der Waals surface area (Å²) in [7, 11) is 1.39. The third-order valence-corrected chi connectivity index (χ3v) is 4.58. The first kappa shape index (κ1) is 12.7. The van der Waals surface area contributed by atoms with Gasteiger partial charge in [-0.1, -0.05) is 23.4 Å². The molecule has 0 saturated carbocycles. The summed E-state index contributed by atoms with van der Waals surface area (Å²) in [6.07, 6.45) is 0. The van der Waals surface area contributed by atoms with Gasteiger partial charge in [0.1, 0.15) is 5.25 Å². The van der Waals surface area contributed by atoms with E-state index < -0.39 is 0 Å². The largest absolute Gasteiger partial charge is 0.468 e. The molecule has 2 rings (SSSR count). The van der Waals surface area contributed by atoms with Gasteiger partial charge < -0.3 is 4.74 Å². The van der Waals surface area contributed by atoms with Crippen LogP contribution in [0.3, 0.4) is 0 Å². The second-order valence-corrected chi connectivity index (χ2v) is 6.43. The van der Waals surface area contributed by atoms with Crippen molar-refractivity contribution in [2.45, 2.75) is 16.5 Å². The fraction of sp³-hybridized carbons (Fsp3) is 0.273. The van der Waals surface area contributed by atoms with Crippen LogP contribution in [0, 0.1) is 0 Å². The number of carbonyl (C=O) groups excluding carboxylic acids is 1. The number of thioether (sulfide) groups is 1. The highest BCUT2D eigenvalue weighted by Crippen LogP contribution is 2.33. The predicted octanol–water partition coefficient (Wildman–Crippen LogP) is 3.60. The van der Waals surface area contributed by atoms with Gasteiger partial charge >= 0.3 is 5.97 Å². The molecule has 0 aliphatic carbocycles. The molecule has 0 radical (unpaired) electrons. The van der Waals surface area contributed by atoms with E-state index >= 15 is 0 Å². The zero-order chi connectivity index (χ0) is 12.4. The number of hydrogen-bond acceptors (Lipinski definition) is 5. The Morgan fingerprint density at radius 2 is 2.35 bits per heavy atom. The van der Waals surface area contributed by atoms with Gasteiger partial charge in [0, 0.05) is 5.02 Å². The van der Waals surface area contributed by atoms with Gasteiger partial charge in [-0.2, -0.15) is 0 Å². The fourth-order valence-corrected chi connectivity index (χ4v) is 3.68. The third-order valence-electron chi connectivity index (χ3n) is 2.14. The van der Waals surface area contributed by atoms with Crippen molar-refractivity contribution in [1.82, 2.24) is 4.98 Å². The zero-order valence-corrected chi connectivity index (χ0v) is 11.7. The summed E-state index contributed by atoms with van der Waals surface area (Å²) < 4.78 is 6.58. The fourth-order valence-electron chi connectivity index (χ4n) is 1.30. The minimum absolute atomic E-state index is 0.243. The Morgan fingerprint density at radius 3 is 3.06 bits per heavy atom. The Hall–Kier alpha value is -0.780. The summed E-state index contributed by atoms with van der Waals surface area (Å²) in [5.74, 6) is -0.243. The Morgan fingerprint density at radius 1 is 1.59 bits per heavy atom. The lowest BCUT2D eigenvalue weighted by molar-refractivity contribution is -0.139. The van der Waals surface area contributed by atoms with E-state index in [9.17, 15) is 4.79 Å². The van der Waals surface area contributed by atoms with Crippen molar-refractivity contribution in [3.63, 3.8) is 0 Å². The van der Waals surface area contributed by atoms with Gasteiger partial charge in [-0.15, -0.1) is 11.3 Å². The van der Waals surface area contributed by atoms with Gasteiger partial charge in [-0.05, 0) is 25.1 Å². The third kappa shape index (κ3) is 2.91. The molecule has 1 atom stereocenters. The molecule has 0 aliphatic heterocycles. The molecular formula is C11H10ClNO2S2. The van der Waals surface area contributed by atoms with E-state index in [1.807, 2.05) is 18.2 Å². The van der Waals surface area contributed by atoms with E-state index in [1.54, 1.807) is 18.3 Å². The molecule has 2 aromatic rings. The zero-order valence-electron chi connectivity index (χ0n) is 9.27. The summed E-state index contributed by atoms with van der Waals surface area (Å²) in [6, 6.07) is 5.59. The van der Waals surface area contributed by atoms with Gasteiger partial charge in [0.25, 0.3) is 0 Å². The van der Waals surface area contributed by atoms with E-state index in [1.165, 1.54) is 18.9 Å². The number of ether oxygens (including phenoxy) is 1. The van der Waals surface area contributed by atoms with Crippen LogP contribution in [0.5, 0.6) is 0 Å². The van der Waals surface area contributed by atoms with Crippen molar-refractivity contribution in [3.8, 4) is 0 Å². The minimum Gasteiger partial charge on any atom is -0.468 e. The van der Waals surface area contributed by atoms with Crippen molar-refractivity contribution < 1.29 is 9.53 Å². The molecule has 1 aromatic heterocycles. The molecule has 1 heterocycles. The highest BCUT2D eigenvalue weighted by molar-refractivity contribution is 8.02. The summed E-state index contributed by atoms with van der Waals surface area (Å²) >= 11 is 8.84. The molecule has 17 heavy (non-hydrogen) atoms. The first-order valence-corrected chi connectivity index (χ1v) is 6.98. The van der Waals surface area contributed by atoms with E-state index in [0.717, 1.165) is 14.6 Å². The summed E-state index contributed by atoms with van der Waals surface area (Å²) in [5, 5.41) is 0.413. The highest BCUT2D eigenvalue weighted by atomic mass is 35.5. The van der Waals surface area contributed by atoms with Crippen LogP contribution in [0.1, 0.15) is 6.92 Å². The van der Waals surface area contributed by atoms with Crippen molar-refractivity contribution >= 4 is 50.9 Å². The quantitative estimate of drug-likeness (QED) is 0.639. The molecule has 0 amide bonds. The molecule has 3 nitrogen and oxygen atoms in total. The Balaban J connectivity index is 2.22. The number of hydrogen-bond donors (Lipinski definition) is 0. The van der Waals surface area contributed by atoms with Gasteiger partial charge in [0.15, 0.2) is 4.34 Å². The molecule has 1 aromatic carbocycles. The molecule has 0 bridgehead atoms. The van der Waals surface area contributed by atoms with Crippen LogP contribution in [0.4, 0.5) is 0 Å². The summed E-state index contributed by atoms with van der Waals surface area (Å²) in [5.41, 5.74) is 0.863. The minimum atomic E-state index is -0.254. The number of rotatable bonds is 3. The van der Waals surface area contributed by atoms with E-state index in [2.05, 4.69) is 9.72 Å². The molecule has 6 heteroatoms. The second kappa shape index (κ2) is 5.25. The highest BCUT2D eigenvalue weighted by Gasteiger charge is 2.17. The maximum Gasteiger partial charge on any atom is 0.318 e. The van der Waals surface area contributed by atoms with E-state index in [4.69, 9.17) is 11.6 Å². The van der Waals surface area contributed by atoms with E-state index in [-0.39, 0.29) is 11.2 Å². The normalized spacial score (nSPS) is 12.6. The van der Waals surface area contributed by atoms with Crippen LogP contribution in [0.2, 0.25) is 5.02 Å². The van der Waals surface area contributed by atoms with Gasteiger partial charge in [0.05, 0.1) is 17.3 Å². The van der Waals surface area contributed by atoms with Gasteiger partial charge in [-0.3, -0.25) is 4.79 Å². The molecule has 0 fully saturated rings. The lowest BCUT2D eigenvalue weighted by Gasteiger charge is -2.05. The topological polar surface area (TPSA) is 39.2 Å². The van der Waals surface area contributed by atoms with Crippen molar-refractivity contribution in [3.05, 3.63) is 23.2 Å². The van der Waals surface area contributed by atoms with Crippen molar-refractivity contribution in [2.24, 2.45) is 0 Å². The standard InChI is InChI=1S/C11H10ClNO2S2/c1-6(10(14)15-2)16-11-13-8-5-7(12)3-4-9(8)17-11/h3-6H,1-2H3/t6-/m0/s1. The maximum atomic E-state index is 11.3. The van der Waals surface area contributed by atoms with Crippen molar-refractivity contribution in [1.29, 1.82) is 0 Å². The van der Waals surface area contributed by atoms with Crippen LogP contribution in [-0.2, 0) is 9.53 Å². The molecule has 90 valence electrons. The van der Waals surface area contributed by atoms with Crippen LogP contribution in [0.15, 0.2) is 22.5 Å². The molecule has 0 aliphatic rings. The van der Waals surface area contributed by atoms with Gasteiger partial charge in [0.2, 0.25) is 0 Å². The average molecular weight is 288 g/mol. The summed E-state index contributed by atoms with van der Waals surface area (Å²) in [6.45, 7) is 1.80. The van der Waals surface area contributed by atoms with Crippen LogP contribution in [0.25, 0.3) is 10.2 Å². The number of benzene rings is 1. The number of esters is 1. The predicted molar refractivity (Wildman–Crippen MR) is 72.0 cm³/mol. The Kier molecular flexibility index (Phi) is 3.91. The molecular weight excluding hydrogens is 278 g/mol. The second-order valence-electron chi connectivity index (χ2n) is 3.38. The number of thiazole rings is 1. The maximum absolute atomic E-state index is 11.3. The average Bonchev–Trinajstić information content (AvgIpc) is 2.69. The monoisotopic (exact) mass is 287 g/mol. The number of halogens is 1. The molecule has 0 unspecified atom stereocenters. The number of fused-ring (bicyclic) bond motifs is 1. The number of nitrogens with zero attached hydrogens (tertiary/aromatic N) is 1. The van der Waals surface area contributed by atoms with Crippen LogP contribution in [-0.4, -0.2) is 23.3 Å². The molecule has 0 N–H and O–H groups in total. The Labute approximate surface area is 112 Å². The van der Waals surface area contributed by atoms with Crippen LogP contribution >= 0.6 is 34.7 Å². The Bertz CT molecular complexity index is 555. The van der Waals surface area contributed by atoms with Gasteiger partial charge in [-0.25, -0.2) is 4.98 Å². The lowest BCUT2D eigenvalue weighted by Crippen LogP contribution is -2.14. The number of aromatic nitrogens is 1. The van der Waals surface area contributed by atoms with Crippen LogP contribution < -0.4 is 0 Å². The van der Waals surface area contributed by atoms with Crippen molar-refractivity contribution in [2.75, 3.05) is 7.11 Å². The SMILES string of the molecule is COC(=O)[C@H](C)Sc1nc2cc(Cl)ccc2s1. The first-order valence-electron chi connectivity index (χ1n) is 4.90. The smallest absolute Gasteiger partial charge is 0.318 e. The number of methoxy groups -OCH3 is 1. The first-order chi connectivity index (χ1) is 8.10. The molecule has 0 spiro atoms. The molecule has 0 saturated heterocycles. The number of carbonyl (C=O) groups is 1. The van der Waals surface area contributed by atoms with E-state index in [0.29, 0.717) is 5.02 Å². The summed E-state index contributed by atoms with van der Waals surface area (Å²) in [4.78, 5) is 15.7. The lowest BCUT2D eigenvalue weighted by atomic mass is 10.3.